The van der Waals surface area contributed by atoms with Gasteiger partial charge in [-0.05, 0) is 36.7 Å². The van der Waals surface area contributed by atoms with Crippen molar-refractivity contribution in [2.45, 2.75) is 52.5 Å². The second-order valence-corrected chi connectivity index (χ2v) is 6.45. The molecule has 1 unspecified atom stereocenters. The van der Waals surface area contributed by atoms with Crippen LogP contribution in [0.15, 0.2) is 12.4 Å². The maximum Gasteiger partial charge on any atom is 0.225 e. The summed E-state index contributed by atoms with van der Waals surface area (Å²) >= 11 is 0. The van der Waals surface area contributed by atoms with Gasteiger partial charge < -0.3 is 10.6 Å². The SMILES string of the molecule is CCC(N)Cc1cnc(N2CCCC(C)(C)C2)nc1. The Morgan fingerprint density at radius 2 is 2.05 bits per heavy atom. The first kappa shape index (κ1) is 14.3. The van der Waals surface area contributed by atoms with Crippen molar-refractivity contribution in [2.24, 2.45) is 11.1 Å². The largest absolute Gasteiger partial charge is 0.340 e. The molecule has 106 valence electrons. The quantitative estimate of drug-likeness (QED) is 0.905. The van der Waals surface area contributed by atoms with Crippen molar-refractivity contribution in [3.63, 3.8) is 0 Å². The van der Waals surface area contributed by atoms with Gasteiger partial charge in [0.2, 0.25) is 5.95 Å². The maximum atomic E-state index is 5.96. The minimum Gasteiger partial charge on any atom is -0.340 e. The summed E-state index contributed by atoms with van der Waals surface area (Å²) in [5.74, 6) is 0.863. The summed E-state index contributed by atoms with van der Waals surface area (Å²) < 4.78 is 0. The normalized spacial score (nSPS) is 20.3. The number of piperidine rings is 1. The fourth-order valence-electron chi connectivity index (χ4n) is 2.66. The molecule has 0 spiro atoms. The number of nitrogens with two attached hydrogens (primary N) is 1. The van der Waals surface area contributed by atoms with Gasteiger partial charge in [0, 0.05) is 31.5 Å². The molecule has 1 aromatic heterocycles. The molecule has 1 aliphatic heterocycles. The van der Waals surface area contributed by atoms with Crippen LogP contribution in [0.25, 0.3) is 0 Å². The zero-order valence-electron chi connectivity index (χ0n) is 12.4. The lowest BCUT2D eigenvalue weighted by Gasteiger charge is -2.38. The molecule has 2 rings (SSSR count). The molecule has 0 radical (unpaired) electrons. The van der Waals surface area contributed by atoms with Crippen molar-refractivity contribution in [1.29, 1.82) is 0 Å². The highest BCUT2D eigenvalue weighted by atomic mass is 15.3. The molecule has 0 aromatic carbocycles. The van der Waals surface area contributed by atoms with Crippen LogP contribution in [0.3, 0.4) is 0 Å². The zero-order chi connectivity index (χ0) is 13.9. The van der Waals surface area contributed by atoms with Crippen LogP contribution in [-0.4, -0.2) is 29.1 Å². The Labute approximate surface area is 116 Å². The molecule has 0 aliphatic carbocycles. The van der Waals surface area contributed by atoms with Gasteiger partial charge in [0.25, 0.3) is 0 Å². The van der Waals surface area contributed by atoms with Crippen LogP contribution in [0.1, 0.15) is 45.6 Å². The number of rotatable bonds is 4. The van der Waals surface area contributed by atoms with Gasteiger partial charge in [0.15, 0.2) is 0 Å². The summed E-state index contributed by atoms with van der Waals surface area (Å²) in [5.41, 5.74) is 7.46. The number of aromatic nitrogens is 2. The molecule has 1 saturated heterocycles. The highest BCUT2D eigenvalue weighted by Gasteiger charge is 2.27. The van der Waals surface area contributed by atoms with Crippen LogP contribution >= 0.6 is 0 Å². The van der Waals surface area contributed by atoms with Gasteiger partial charge in [-0.2, -0.15) is 0 Å². The van der Waals surface area contributed by atoms with E-state index in [2.05, 4.69) is 35.6 Å². The number of hydrogen-bond acceptors (Lipinski definition) is 4. The molecule has 19 heavy (non-hydrogen) atoms. The fourth-order valence-corrected chi connectivity index (χ4v) is 2.66. The summed E-state index contributed by atoms with van der Waals surface area (Å²) in [4.78, 5) is 11.3. The van der Waals surface area contributed by atoms with E-state index in [0.29, 0.717) is 5.41 Å². The molecule has 2 heterocycles. The number of nitrogens with zero attached hydrogens (tertiary/aromatic N) is 3. The lowest BCUT2D eigenvalue weighted by molar-refractivity contribution is 0.291. The summed E-state index contributed by atoms with van der Waals surface area (Å²) in [6.07, 6.45) is 8.22. The van der Waals surface area contributed by atoms with E-state index in [4.69, 9.17) is 5.73 Å². The Kier molecular flexibility index (Phi) is 4.40. The number of anilines is 1. The lowest BCUT2D eigenvalue weighted by atomic mass is 9.84. The monoisotopic (exact) mass is 262 g/mol. The first-order chi connectivity index (χ1) is 9.00. The van der Waals surface area contributed by atoms with Gasteiger partial charge in [0.1, 0.15) is 0 Å². The molecule has 0 amide bonds. The minimum absolute atomic E-state index is 0.211. The van der Waals surface area contributed by atoms with Crippen molar-refractivity contribution in [3.05, 3.63) is 18.0 Å². The highest BCUT2D eigenvalue weighted by molar-refractivity contribution is 5.31. The van der Waals surface area contributed by atoms with Crippen LogP contribution in [0, 0.1) is 5.41 Å². The molecular formula is C15H26N4. The minimum atomic E-state index is 0.211. The molecule has 4 nitrogen and oxygen atoms in total. The second-order valence-electron chi connectivity index (χ2n) is 6.45. The van der Waals surface area contributed by atoms with E-state index in [0.717, 1.165) is 37.4 Å². The van der Waals surface area contributed by atoms with E-state index in [1.807, 2.05) is 12.4 Å². The third-order valence-electron chi connectivity index (χ3n) is 3.90. The van der Waals surface area contributed by atoms with Crippen molar-refractivity contribution in [3.8, 4) is 0 Å². The van der Waals surface area contributed by atoms with Crippen molar-refractivity contribution in [2.75, 3.05) is 18.0 Å². The third-order valence-corrected chi connectivity index (χ3v) is 3.90. The van der Waals surface area contributed by atoms with Gasteiger partial charge >= 0.3 is 0 Å². The van der Waals surface area contributed by atoms with E-state index < -0.39 is 0 Å². The standard InChI is InChI=1S/C15H26N4/c1-4-13(16)8-12-9-17-14(18-10-12)19-7-5-6-15(2,3)11-19/h9-10,13H,4-8,11,16H2,1-3H3. The molecule has 1 atom stereocenters. The molecule has 1 aromatic rings. The molecular weight excluding hydrogens is 236 g/mol. The fraction of sp³-hybridized carbons (Fsp3) is 0.733. The average Bonchev–Trinajstić information content (AvgIpc) is 2.38. The van der Waals surface area contributed by atoms with Crippen molar-refractivity contribution in [1.82, 2.24) is 9.97 Å². The summed E-state index contributed by atoms with van der Waals surface area (Å²) in [5, 5.41) is 0. The lowest BCUT2D eigenvalue weighted by Crippen LogP contribution is -2.41. The Hall–Kier alpha value is -1.16. The predicted molar refractivity (Wildman–Crippen MR) is 79.2 cm³/mol. The average molecular weight is 262 g/mol. The van der Waals surface area contributed by atoms with Crippen LogP contribution in [0.4, 0.5) is 5.95 Å². The molecule has 1 fully saturated rings. The molecule has 0 bridgehead atoms. The topological polar surface area (TPSA) is 55.0 Å². The highest BCUT2D eigenvalue weighted by Crippen LogP contribution is 2.29. The predicted octanol–water partition coefficient (Wildman–Crippen LogP) is 2.38. The Morgan fingerprint density at radius 1 is 1.37 bits per heavy atom. The molecule has 1 aliphatic rings. The summed E-state index contributed by atoms with van der Waals surface area (Å²) in [6.45, 7) is 8.84. The summed E-state index contributed by atoms with van der Waals surface area (Å²) in [6, 6.07) is 0.211. The van der Waals surface area contributed by atoms with E-state index in [9.17, 15) is 0 Å². The molecule has 2 N–H and O–H groups in total. The molecule has 0 saturated carbocycles. The summed E-state index contributed by atoms with van der Waals surface area (Å²) in [7, 11) is 0. The third kappa shape index (κ3) is 3.90. The van der Waals surface area contributed by atoms with Gasteiger partial charge in [-0.3, -0.25) is 0 Å². The Bertz CT molecular complexity index is 399. The van der Waals surface area contributed by atoms with Crippen LogP contribution < -0.4 is 10.6 Å². The van der Waals surface area contributed by atoms with Gasteiger partial charge in [-0.25, -0.2) is 9.97 Å². The van der Waals surface area contributed by atoms with Gasteiger partial charge in [0.05, 0.1) is 0 Å². The van der Waals surface area contributed by atoms with E-state index in [-0.39, 0.29) is 6.04 Å². The number of hydrogen-bond donors (Lipinski definition) is 1. The maximum absolute atomic E-state index is 5.96. The Balaban J connectivity index is 2.02. The van der Waals surface area contributed by atoms with Crippen LogP contribution in [0.2, 0.25) is 0 Å². The van der Waals surface area contributed by atoms with Gasteiger partial charge in [-0.1, -0.05) is 20.8 Å². The first-order valence-corrected chi connectivity index (χ1v) is 7.31. The van der Waals surface area contributed by atoms with E-state index in [1.165, 1.54) is 12.8 Å². The van der Waals surface area contributed by atoms with Crippen molar-refractivity contribution < 1.29 is 0 Å². The first-order valence-electron chi connectivity index (χ1n) is 7.31. The smallest absolute Gasteiger partial charge is 0.225 e. The van der Waals surface area contributed by atoms with Crippen molar-refractivity contribution >= 4 is 5.95 Å². The van der Waals surface area contributed by atoms with Crippen LogP contribution in [-0.2, 0) is 6.42 Å². The molecule has 4 heteroatoms. The van der Waals surface area contributed by atoms with Gasteiger partial charge in [-0.15, -0.1) is 0 Å². The van der Waals surface area contributed by atoms with E-state index in [1.54, 1.807) is 0 Å². The van der Waals surface area contributed by atoms with E-state index >= 15 is 0 Å². The second kappa shape index (κ2) is 5.87. The Morgan fingerprint density at radius 3 is 2.63 bits per heavy atom. The zero-order valence-corrected chi connectivity index (χ0v) is 12.4. The van der Waals surface area contributed by atoms with Crippen LogP contribution in [0.5, 0.6) is 0 Å².